The zero-order chi connectivity index (χ0) is 27.3. The molecule has 8 aromatic rings. The van der Waals surface area contributed by atoms with Gasteiger partial charge in [0.1, 0.15) is 17.2 Å². The minimum Gasteiger partial charge on any atom is -0.507 e. The highest BCUT2D eigenvalue weighted by atomic mass is 16.3. The fourth-order valence-electron chi connectivity index (χ4n) is 5.82. The summed E-state index contributed by atoms with van der Waals surface area (Å²) in [6.45, 7) is 0. The number of aromatic nitrogens is 4. The number of aromatic hydroxyl groups is 1. The van der Waals surface area contributed by atoms with Crippen molar-refractivity contribution in [1.29, 1.82) is 0 Å². The molecule has 8 rings (SSSR count). The van der Waals surface area contributed by atoms with Gasteiger partial charge in [0.05, 0.1) is 27.8 Å². The van der Waals surface area contributed by atoms with Crippen molar-refractivity contribution in [3.8, 4) is 39.8 Å². The van der Waals surface area contributed by atoms with Crippen LogP contribution in [0.3, 0.4) is 0 Å². The number of pyridine rings is 1. The van der Waals surface area contributed by atoms with Gasteiger partial charge in [-0.1, -0.05) is 78.9 Å². The average Bonchev–Trinajstić information content (AvgIpc) is 3.58. The third-order valence-corrected chi connectivity index (χ3v) is 7.66. The average molecular weight is 529 g/mol. The van der Waals surface area contributed by atoms with Crippen LogP contribution in [0.4, 0.5) is 0 Å². The highest BCUT2D eigenvalue weighted by Crippen LogP contribution is 2.38. The van der Waals surface area contributed by atoms with Gasteiger partial charge in [-0.05, 0) is 60.7 Å². The van der Waals surface area contributed by atoms with Crippen molar-refractivity contribution >= 4 is 33.0 Å². The van der Waals surface area contributed by atoms with Crippen LogP contribution in [0.15, 0.2) is 140 Å². The molecular weight excluding hydrogens is 504 g/mol. The third kappa shape index (κ3) is 3.63. The molecule has 41 heavy (non-hydrogen) atoms. The minimum absolute atomic E-state index is 0.188. The van der Waals surface area contributed by atoms with Gasteiger partial charge in [-0.3, -0.25) is 9.13 Å². The molecule has 0 fully saturated rings. The molecule has 0 aliphatic heterocycles. The summed E-state index contributed by atoms with van der Waals surface area (Å²) in [5.74, 6) is 0.865. The summed E-state index contributed by atoms with van der Waals surface area (Å²) in [7, 11) is 0. The van der Waals surface area contributed by atoms with E-state index in [1.54, 1.807) is 6.07 Å². The fraction of sp³-hybridized carbons (Fsp3) is 0. The van der Waals surface area contributed by atoms with Gasteiger partial charge in [-0.25, -0.2) is 9.97 Å². The molecule has 0 bridgehead atoms. The lowest BCUT2D eigenvalue weighted by atomic mass is 10.1. The molecule has 5 heteroatoms. The van der Waals surface area contributed by atoms with Gasteiger partial charge in [0.15, 0.2) is 0 Å². The molecule has 0 aliphatic carbocycles. The summed E-state index contributed by atoms with van der Waals surface area (Å²) in [5.41, 5.74) is 8.26. The number of hydrogen-bond acceptors (Lipinski definition) is 3. The number of imidazole rings is 1. The van der Waals surface area contributed by atoms with Crippen molar-refractivity contribution in [3.05, 3.63) is 140 Å². The number of benzene rings is 5. The SMILES string of the molecule is Oc1ccccc1-c1nc2c(-c3ccc4c5ccccc5n(-c5ccccc5)c4n3)cccc2n1-c1ccccc1. The largest absolute Gasteiger partial charge is 0.507 e. The summed E-state index contributed by atoms with van der Waals surface area (Å²) >= 11 is 0. The van der Waals surface area contributed by atoms with Crippen molar-refractivity contribution in [2.24, 2.45) is 0 Å². The maximum atomic E-state index is 10.8. The quantitative estimate of drug-likeness (QED) is 0.249. The summed E-state index contributed by atoms with van der Waals surface area (Å²) < 4.78 is 4.33. The molecule has 3 aromatic heterocycles. The first-order chi connectivity index (χ1) is 20.3. The normalized spacial score (nSPS) is 11.5. The van der Waals surface area contributed by atoms with Gasteiger partial charge in [0, 0.05) is 27.7 Å². The number of nitrogens with zero attached hydrogens (tertiary/aromatic N) is 4. The van der Waals surface area contributed by atoms with Gasteiger partial charge in [-0.15, -0.1) is 0 Å². The summed E-state index contributed by atoms with van der Waals surface area (Å²) in [6.07, 6.45) is 0. The van der Waals surface area contributed by atoms with E-state index >= 15 is 0 Å². The van der Waals surface area contributed by atoms with Crippen LogP contribution in [-0.4, -0.2) is 24.2 Å². The van der Waals surface area contributed by atoms with Crippen molar-refractivity contribution < 1.29 is 5.11 Å². The third-order valence-electron chi connectivity index (χ3n) is 7.66. The molecule has 0 saturated heterocycles. The molecule has 0 unspecified atom stereocenters. The number of phenolic OH excluding ortho intramolecular Hbond substituents is 1. The van der Waals surface area contributed by atoms with Gasteiger partial charge < -0.3 is 5.11 Å². The molecule has 1 N–H and O–H groups in total. The zero-order valence-electron chi connectivity index (χ0n) is 22.0. The lowest BCUT2D eigenvalue weighted by molar-refractivity contribution is 0.477. The molecule has 0 aliphatic rings. The van der Waals surface area contributed by atoms with Gasteiger partial charge in [0.25, 0.3) is 0 Å². The second-order valence-electron chi connectivity index (χ2n) is 10.1. The van der Waals surface area contributed by atoms with Crippen molar-refractivity contribution in [2.45, 2.75) is 0 Å². The van der Waals surface area contributed by atoms with Crippen molar-refractivity contribution in [1.82, 2.24) is 19.1 Å². The Bertz CT molecular complexity index is 2210. The van der Waals surface area contributed by atoms with Gasteiger partial charge in [0.2, 0.25) is 0 Å². The van der Waals surface area contributed by atoms with Crippen molar-refractivity contribution in [2.75, 3.05) is 0 Å². The molecule has 0 radical (unpaired) electrons. The van der Waals surface area contributed by atoms with E-state index in [1.165, 1.54) is 5.39 Å². The van der Waals surface area contributed by atoms with E-state index < -0.39 is 0 Å². The molecule has 5 aromatic carbocycles. The standard InChI is InChI=1S/C36H24N4O/c41-33-21-10-8-17-29(33)36-38-34-28(18-11-20-32(34)40(36)25-14-5-2-6-15-25)30-23-22-27-26-16-7-9-19-31(26)39(35(27)37-30)24-12-3-1-4-13-24/h1-23,41H. The highest BCUT2D eigenvalue weighted by molar-refractivity contribution is 6.08. The van der Waals surface area contributed by atoms with E-state index in [0.717, 1.165) is 50.2 Å². The first kappa shape index (κ1) is 23.2. The molecule has 3 heterocycles. The number of fused-ring (bicyclic) bond motifs is 4. The van der Waals surface area contributed by atoms with E-state index in [2.05, 4.69) is 94.1 Å². The summed E-state index contributed by atoms with van der Waals surface area (Å²) in [6, 6.07) is 46.7. The molecule has 0 saturated carbocycles. The number of para-hydroxylation sites is 5. The Kier molecular flexibility index (Phi) is 5.22. The fourth-order valence-corrected chi connectivity index (χ4v) is 5.82. The van der Waals surface area contributed by atoms with Gasteiger partial charge in [-0.2, -0.15) is 0 Å². The lowest BCUT2D eigenvalue weighted by Crippen LogP contribution is -1.97. The van der Waals surface area contributed by atoms with Crippen LogP contribution < -0.4 is 0 Å². The Balaban J connectivity index is 1.42. The topological polar surface area (TPSA) is 55.9 Å². The first-order valence-electron chi connectivity index (χ1n) is 13.6. The Morgan fingerprint density at radius 3 is 1.88 bits per heavy atom. The monoisotopic (exact) mass is 528 g/mol. The molecule has 194 valence electrons. The van der Waals surface area contributed by atoms with Crippen molar-refractivity contribution in [3.63, 3.8) is 0 Å². The lowest BCUT2D eigenvalue weighted by Gasteiger charge is -2.10. The maximum Gasteiger partial charge on any atom is 0.149 e. The first-order valence-corrected chi connectivity index (χ1v) is 13.6. The van der Waals surface area contributed by atoms with Crippen LogP contribution in [0, 0.1) is 0 Å². The number of phenols is 1. The second kappa shape index (κ2) is 9.21. The Morgan fingerprint density at radius 2 is 1.10 bits per heavy atom. The van der Waals surface area contributed by atoms with Crippen LogP contribution in [0.25, 0.3) is 67.0 Å². The second-order valence-corrected chi connectivity index (χ2v) is 10.1. The van der Waals surface area contributed by atoms with Crippen LogP contribution in [-0.2, 0) is 0 Å². The smallest absolute Gasteiger partial charge is 0.149 e. The van der Waals surface area contributed by atoms with Crippen LogP contribution in [0.2, 0.25) is 0 Å². The molecule has 0 atom stereocenters. The van der Waals surface area contributed by atoms with Crippen LogP contribution in [0.1, 0.15) is 0 Å². The summed E-state index contributed by atoms with van der Waals surface area (Å²) in [4.78, 5) is 10.4. The Hall–Kier alpha value is -5.68. The van der Waals surface area contributed by atoms with E-state index in [1.807, 2.05) is 48.5 Å². The number of rotatable bonds is 4. The molecule has 0 amide bonds. The van der Waals surface area contributed by atoms with Crippen LogP contribution in [0.5, 0.6) is 5.75 Å². The van der Waals surface area contributed by atoms with E-state index in [-0.39, 0.29) is 5.75 Å². The predicted octanol–water partition coefficient (Wildman–Crippen LogP) is 8.56. The van der Waals surface area contributed by atoms with E-state index in [9.17, 15) is 5.11 Å². The number of hydrogen-bond donors (Lipinski definition) is 1. The highest BCUT2D eigenvalue weighted by Gasteiger charge is 2.21. The van der Waals surface area contributed by atoms with E-state index in [4.69, 9.17) is 9.97 Å². The minimum atomic E-state index is 0.188. The van der Waals surface area contributed by atoms with Gasteiger partial charge >= 0.3 is 0 Å². The maximum absolute atomic E-state index is 10.8. The molecular formula is C36H24N4O. The Morgan fingerprint density at radius 1 is 0.463 bits per heavy atom. The summed E-state index contributed by atoms with van der Waals surface area (Å²) in [5, 5.41) is 13.1. The van der Waals surface area contributed by atoms with Crippen LogP contribution >= 0.6 is 0 Å². The molecule has 5 nitrogen and oxygen atoms in total. The molecule has 0 spiro atoms. The Labute approximate surface area is 236 Å². The predicted molar refractivity (Wildman–Crippen MR) is 166 cm³/mol. The zero-order valence-corrected chi connectivity index (χ0v) is 22.0. The van der Waals surface area contributed by atoms with E-state index in [0.29, 0.717) is 11.4 Å².